The van der Waals surface area contributed by atoms with Crippen LogP contribution in [0, 0.1) is 0 Å². The Balaban J connectivity index is 2.96. The minimum Gasteiger partial charge on any atom is -0.455 e. The van der Waals surface area contributed by atoms with Crippen molar-refractivity contribution in [2.24, 2.45) is 5.73 Å². The molecule has 0 amide bonds. The molecule has 0 aliphatic heterocycles. The molecule has 1 rings (SSSR count). The van der Waals surface area contributed by atoms with Gasteiger partial charge in [-0.05, 0) is 32.4 Å². The highest BCUT2D eigenvalue weighted by atomic mass is 35.5. The average Bonchev–Trinajstić information content (AvgIpc) is 2.33. The number of ether oxygens (including phenoxy) is 1. The van der Waals surface area contributed by atoms with Crippen LogP contribution in [0.4, 0.5) is 5.82 Å². The molecule has 0 saturated carbocycles. The van der Waals surface area contributed by atoms with Crippen molar-refractivity contribution in [1.29, 1.82) is 0 Å². The topological polar surface area (TPSA) is 107 Å². The van der Waals surface area contributed by atoms with Crippen LogP contribution in [0.1, 0.15) is 31.3 Å². The molecule has 1 aromatic heterocycles. The van der Waals surface area contributed by atoms with Gasteiger partial charge in [0.15, 0.2) is 5.69 Å². The van der Waals surface area contributed by atoms with Crippen molar-refractivity contribution >= 4 is 29.7 Å². The maximum atomic E-state index is 11.9. The Hall–Kier alpha value is -1.73. The molecule has 20 heavy (non-hydrogen) atoms. The lowest BCUT2D eigenvalue weighted by molar-refractivity contribution is -0.108. The molecule has 0 saturated heterocycles. The average molecular weight is 301 g/mol. The Morgan fingerprint density at radius 2 is 2.20 bits per heavy atom. The number of aromatic nitrogens is 2. The van der Waals surface area contributed by atoms with Gasteiger partial charge in [0, 0.05) is 12.6 Å². The number of aldehydes is 1. The highest BCUT2D eigenvalue weighted by Gasteiger charge is 2.20. The van der Waals surface area contributed by atoms with Gasteiger partial charge in [-0.15, -0.1) is 0 Å². The number of rotatable bonds is 5. The minimum absolute atomic E-state index is 0.00379. The fraction of sp³-hybridized carbons (Fsp3) is 0.500. The first kappa shape index (κ1) is 16.3. The molecule has 7 nitrogen and oxygen atoms in total. The molecule has 0 radical (unpaired) electrons. The highest BCUT2D eigenvalue weighted by Crippen LogP contribution is 2.15. The Labute approximate surface area is 121 Å². The lowest BCUT2D eigenvalue weighted by Gasteiger charge is -2.19. The van der Waals surface area contributed by atoms with Crippen LogP contribution in [-0.4, -0.2) is 40.4 Å². The summed E-state index contributed by atoms with van der Waals surface area (Å²) in [6.07, 6.45) is 0.642. The van der Waals surface area contributed by atoms with Crippen LogP contribution in [0.2, 0.25) is 5.28 Å². The number of hydrogen-bond donors (Lipinski definition) is 2. The third kappa shape index (κ3) is 5.10. The Morgan fingerprint density at radius 1 is 1.55 bits per heavy atom. The number of nitrogens with one attached hydrogen (secondary N) is 1. The lowest BCUT2D eigenvalue weighted by Crippen LogP contribution is -2.31. The van der Waals surface area contributed by atoms with E-state index in [-0.39, 0.29) is 23.3 Å². The first-order chi connectivity index (χ1) is 9.25. The van der Waals surface area contributed by atoms with Gasteiger partial charge in [-0.1, -0.05) is 0 Å². The summed E-state index contributed by atoms with van der Waals surface area (Å²) < 4.78 is 5.18. The highest BCUT2D eigenvalue weighted by molar-refractivity contribution is 6.28. The predicted molar refractivity (Wildman–Crippen MR) is 74.7 cm³/mol. The molecule has 1 unspecified atom stereocenters. The number of anilines is 1. The van der Waals surface area contributed by atoms with Crippen LogP contribution in [-0.2, 0) is 9.53 Å². The summed E-state index contributed by atoms with van der Waals surface area (Å²) in [6, 6.07) is 0.735. The van der Waals surface area contributed by atoms with Crippen molar-refractivity contribution < 1.29 is 14.3 Å². The molecular weight excluding hydrogens is 284 g/mol. The third-order valence-corrected chi connectivity index (χ3v) is 2.23. The molecular formula is C12H17ClN4O3. The van der Waals surface area contributed by atoms with E-state index in [1.54, 1.807) is 20.8 Å². The monoisotopic (exact) mass is 300 g/mol. The van der Waals surface area contributed by atoms with Gasteiger partial charge >= 0.3 is 5.97 Å². The summed E-state index contributed by atoms with van der Waals surface area (Å²) in [7, 11) is 0. The van der Waals surface area contributed by atoms with E-state index >= 15 is 0 Å². The van der Waals surface area contributed by atoms with Gasteiger partial charge in [0.1, 0.15) is 17.7 Å². The Bertz CT molecular complexity index is 502. The summed E-state index contributed by atoms with van der Waals surface area (Å²) in [6.45, 7) is 5.31. The van der Waals surface area contributed by atoms with Crippen molar-refractivity contribution in [2.75, 3.05) is 11.9 Å². The molecule has 3 N–H and O–H groups in total. The minimum atomic E-state index is -0.648. The van der Waals surface area contributed by atoms with Crippen molar-refractivity contribution in [2.45, 2.75) is 32.4 Å². The van der Waals surface area contributed by atoms with Crippen LogP contribution in [0.3, 0.4) is 0 Å². The van der Waals surface area contributed by atoms with Crippen molar-refractivity contribution in [3.05, 3.63) is 17.0 Å². The lowest BCUT2D eigenvalue weighted by atomic mass is 10.2. The second kappa shape index (κ2) is 6.62. The SMILES string of the molecule is CC(C)(C)OC(=O)c1cc(NC(C=O)CN)nc(Cl)n1. The molecule has 0 spiro atoms. The van der Waals surface area contributed by atoms with Crippen LogP contribution < -0.4 is 11.1 Å². The Morgan fingerprint density at radius 3 is 2.70 bits per heavy atom. The molecule has 8 heteroatoms. The van der Waals surface area contributed by atoms with Gasteiger partial charge in [0.05, 0.1) is 6.04 Å². The van der Waals surface area contributed by atoms with Gasteiger partial charge in [-0.2, -0.15) is 0 Å². The van der Waals surface area contributed by atoms with E-state index < -0.39 is 17.6 Å². The fourth-order valence-electron chi connectivity index (χ4n) is 1.27. The molecule has 0 aromatic carbocycles. The number of nitrogens with zero attached hydrogens (tertiary/aromatic N) is 2. The smallest absolute Gasteiger partial charge is 0.357 e. The zero-order valence-electron chi connectivity index (χ0n) is 11.5. The second-order valence-electron chi connectivity index (χ2n) is 5.03. The molecule has 1 heterocycles. The number of hydrogen-bond acceptors (Lipinski definition) is 7. The van der Waals surface area contributed by atoms with Crippen molar-refractivity contribution in [3.63, 3.8) is 0 Å². The first-order valence-corrected chi connectivity index (χ1v) is 6.33. The number of esters is 1. The predicted octanol–water partition coefficient (Wildman–Crippen LogP) is 1.02. The molecule has 0 aliphatic carbocycles. The molecule has 1 atom stereocenters. The maximum Gasteiger partial charge on any atom is 0.357 e. The van der Waals surface area contributed by atoms with Crippen LogP contribution in [0.25, 0.3) is 0 Å². The zero-order chi connectivity index (χ0) is 15.3. The summed E-state index contributed by atoms with van der Waals surface area (Å²) >= 11 is 5.75. The van der Waals surface area contributed by atoms with Crippen LogP contribution >= 0.6 is 11.6 Å². The molecule has 1 aromatic rings. The standard InChI is InChI=1S/C12H17ClN4O3/c1-12(2,3)20-10(19)8-4-9(17-11(13)16-8)15-7(5-14)6-18/h4,6-7H,5,14H2,1-3H3,(H,15,16,17). The Kier molecular flexibility index (Phi) is 5.41. The molecule has 0 bridgehead atoms. The number of nitrogens with two attached hydrogens (primary N) is 1. The first-order valence-electron chi connectivity index (χ1n) is 5.95. The molecule has 0 aliphatic rings. The van der Waals surface area contributed by atoms with Crippen LogP contribution in [0.15, 0.2) is 6.07 Å². The van der Waals surface area contributed by atoms with Crippen LogP contribution in [0.5, 0.6) is 0 Å². The van der Waals surface area contributed by atoms with Gasteiger partial charge in [-0.25, -0.2) is 14.8 Å². The van der Waals surface area contributed by atoms with Gasteiger partial charge in [0.25, 0.3) is 0 Å². The van der Waals surface area contributed by atoms with E-state index in [1.165, 1.54) is 6.07 Å². The number of halogens is 1. The maximum absolute atomic E-state index is 11.9. The molecule has 0 fully saturated rings. The molecule has 110 valence electrons. The zero-order valence-corrected chi connectivity index (χ0v) is 12.3. The summed E-state index contributed by atoms with van der Waals surface area (Å²) in [5.41, 5.74) is 4.74. The number of carbonyl (C=O) groups is 2. The van der Waals surface area contributed by atoms with E-state index in [0.717, 1.165) is 0 Å². The fourth-order valence-corrected chi connectivity index (χ4v) is 1.45. The van der Waals surface area contributed by atoms with E-state index in [4.69, 9.17) is 22.1 Å². The van der Waals surface area contributed by atoms with Gasteiger partial charge in [0.2, 0.25) is 5.28 Å². The van der Waals surface area contributed by atoms with E-state index in [0.29, 0.717) is 6.29 Å². The van der Waals surface area contributed by atoms with E-state index in [9.17, 15) is 9.59 Å². The third-order valence-electron chi connectivity index (χ3n) is 2.06. The van der Waals surface area contributed by atoms with Crippen molar-refractivity contribution in [3.8, 4) is 0 Å². The largest absolute Gasteiger partial charge is 0.455 e. The van der Waals surface area contributed by atoms with Crippen molar-refractivity contribution in [1.82, 2.24) is 9.97 Å². The summed E-state index contributed by atoms with van der Waals surface area (Å²) in [5, 5.41) is 2.61. The normalized spacial score (nSPS) is 12.7. The van der Waals surface area contributed by atoms with E-state index in [2.05, 4.69) is 15.3 Å². The number of carbonyl (C=O) groups excluding carboxylic acids is 2. The van der Waals surface area contributed by atoms with Gasteiger partial charge < -0.3 is 20.6 Å². The quantitative estimate of drug-likeness (QED) is 0.475. The van der Waals surface area contributed by atoms with E-state index in [1.807, 2.05) is 0 Å². The second-order valence-corrected chi connectivity index (χ2v) is 5.37. The van der Waals surface area contributed by atoms with Gasteiger partial charge in [-0.3, -0.25) is 0 Å². The summed E-state index contributed by atoms with van der Waals surface area (Å²) in [5.74, 6) is -0.395. The summed E-state index contributed by atoms with van der Waals surface area (Å²) in [4.78, 5) is 30.3.